The normalized spacial score (nSPS) is 11.2. The minimum absolute atomic E-state index is 0.0833. The van der Waals surface area contributed by atoms with Gasteiger partial charge < -0.3 is 4.90 Å². The Bertz CT molecular complexity index is 1160. The molecule has 5 nitrogen and oxygen atoms in total. The van der Waals surface area contributed by atoms with Gasteiger partial charge in [-0.05, 0) is 67.9 Å². The zero-order valence-electron chi connectivity index (χ0n) is 17.0. The first-order valence-corrected chi connectivity index (χ1v) is 11.7. The topological polar surface area (TPSA) is 57.7 Å². The van der Waals surface area contributed by atoms with E-state index in [9.17, 15) is 13.2 Å². The van der Waals surface area contributed by atoms with Crippen molar-refractivity contribution in [2.24, 2.45) is 0 Å². The first kappa shape index (κ1) is 22.1. The third-order valence-corrected chi connectivity index (χ3v) is 7.22. The van der Waals surface area contributed by atoms with Crippen LogP contribution in [0.25, 0.3) is 0 Å². The fourth-order valence-electron chi connectivity index (χ4n) is 3.30. The van der Waals surface area contributed by atoms with Gasteiger partial charge >= 0.3 is 0 Å². The predicted molar refractivity (Wildman–Crippen MR) is 125 cm³/mol. The van der Waals surface area contributed by atoms with Crippen LogP contribution in [-0.2, 0) is 10.0 Å². The number of carbonyl (C=O) groups excluding carboxylic acids is 1. The highest BCUT2D eigenvalue weighted by Gasteiger charge is 2.25. The van der Waals surface area contributed by atoms with Crippen LogP contribution in [-0.4, -0.2) is 27.9 Å². The van der Waals surface area contributed by atoms with Gasteiger partial charge in [0.1, 0.15) is 0 Å². The Balaban J connectivity index is 1.96. The molecule has 30 heavy (non-hydrogen) atoms. The van der Waals surface area contributed by atoms with Crippen molar-refractivity contribution in [2.75, 3.05) is 22.8 Å². The number of para-hydroxylation sites is 1. The van der Waals surface area contributed by atoms with Gasteiger partial charge in [0.25, 0.3) is 15.9 Å². The maximum Gasteiger partial charge on any atom is 0.264 e. The number of carbonyl (C=O) groups is 1. The van der Waals surface area contributed by atoms with E-state index in [-0.39, 0.29) is 17.3 Å². The summed E-state index contributed by atoms with van der Waals surface area (Å²) in [4.78, 5) is 14.7. The molecule has 0 radical (unpaired) electrons. The van der Waals surface area contributed by atoms with Crippen LogP contribution in [0, 0.1) is 6.92 Å². The van der Waals surface area contributed by atoms with Crippen molar-refractivity contribution in [3.05, 3.63) is 88.4 Å². The average molecular weight is 487 g/mol. The summed E-state index contributed by atoms with van der Waals surface area (Å²) in [6.07, 6.45) is 0. The lowest BCUT2D eigenvalue weighted by molar-refractivity contribution is 0.0992. The molecule has 0 atom stereocenters. The van der Waals surface area contributed by atoms with Gasteiger partial charge in [0, 0.05) is 29.3 Å². The van der Waals surface area contributed by atoms with Gasteiger partial charge in [-0.1, -0.05) is 40.2 Å². The Morgan fingerprint density at radius 1 is 0.967 bits per heavy atom. The van der Waals surface area contributed by atoms with Crippen LogP contribution in [0.1, 0.15) is 22.8 Å². The van der Waals surface area contributed by atoms with Crippen LogP contribution in [0.15, 0.2) is 82.2 Å². The molecule has 156 valence electrons. The van der Waals surface area contributed by atoms with E-state index in [1.807, 2.05) is 31.2 Å². The van der Waals surface area contributed by atoms with Crippen molar-refractivity contribution in [1.29, 1.82) is 0 Å². The molecule has 7 heteroatoms. The van der Waals surface area contributed by atoms with Gasteiger partial charge in [-0.2, -0.15) is 0 Å². The molecule has 1 amide bonds. The molecule has 3 rings (SSSR count). The van der Waals surface area contributed by atoms with E-state index in [0.29, 0.717) is 11.3 Å². The Labute approximate surface area is 186 Å². The third kappa shape index (κ3) is 4.42. The van der Waals surface area contributed by atoms with Crippen molar-refractivity contribution in [1.82, 2.24) is 0 Å². The van der Waals surface area contributed by atoms with Gasteiger partial charge in [0.15, 0.2) is 0 Å². The fraction of sp³-hybridized carbons (Fsp3) is 0.174. The molecule has 0 heterocycles. The largest absolute Gasteiger partial charge is 0.311 e. The summed E-state index contributed by atoms with van der Waals surface area (Å²) >= 11 is 3.42. The smallest absolute Gasteiger partial charge is 0.264 e. The van der Waals surface area contributed by atoms with Crippen molar-refractivity contribution >= 4 is 43.2 Å². The van der Waals surface area contributed by atoms with E-state index in [2.05, 4.69) is 15.9 Å². The number of hydrogen-bond donors (Lipinski definition) is 0. The number of benzene rings is 3. The molecule has 0 aromatic heterocycles. The number of hydrogen-bond acceptors (Lipinski definition) is 3. The number of rotatable bonds is 6. The van der Waals surface area contributed by atoms with Crippen LogP contribution < -0.4 is 9.21 Å². The fourth-order valence-corrected chi connectivity index (χ4v) is 5.30. The van der Waals surface area contributed by atoms with Gasteiger partial charge in [-0.15, -0.1) is 0 Å². The van der Waals surface area contributed by atoms with Crippen LogP contribution in [0.4, 0.5) is 11.4 Å². The van der Waals surface area contributed by atoms with Gasteiger partial charge in [-0.25, -0.2) is 8.42 Å². The lowest BCUT2D eigenvalue weighted by Crippen LogP contribution is -2.31. The summed E-state index contributed by atoms with van der Waals surface area (Å²) in [5.41, 5.74) is 2.59. The molecule has 0 aliphatic rings. The van der Waals surface area contributed by atoms with Crippen molar-refractivity contribution in [3.8, 4) is 0 Å². The van der Waals surface area contributed by atoms with Crippen LogP contribution in [0.2, 0.25) is 0 Å². The van der Waals surface area contributed by atoms with Crippen molar-refractivity contribution < 1.29 is 13.2 Å². The molecule has 0 bridgehead atoms. The zero-order valence-corrected chi connectivity index (χ0v) is 19.4. The molecule has 0 fully saturated rings. The molecule has 0 aliphatic heterocycles. The summed E-state index contributed by atoms with van der Waals surface area (Å²) in [6, 6.07) is 20.8. The second kappa shape index (κ2) is 9.02. The molecule has 3 aromatic carbocycles. The van der Waals surface area contributed by atoms with Crippen molar-refractivity contribution in [2.45, 2.75) is 18.7 Å². The first-order valence-electron chi connectivity index (χ1n) is 9.47. The molecule has 3 aromatic rings. The lowest BCUT2D eigenvalue weighted by atomic mass is 10.1. The zero-order chi connectivity index (χ0) is 21.9. The van der Waals surface area contributed by atoms with E-state index in [1.54, 1.807) is 50.4 Å². The Morgan fingerprint density at radius 2 is 1.67 bits per heavy atom. The molecular weight excluding hydrogens is 464 g/mol. The molecular formula is C23H23BrN2O3S. The lowest BCUT2D eigenvalue weighted by Gasteiger charge is -2.24. The van der Waals surface area contributed by atoms with Gasteiger partial charge in [-0.3, -0.25) is 9.10 Å². The number of halogens is 1. The van der Waals surface area contributed by atoms with Crippen LogP contribution in [0.5, 0.6) is 0 Å². The first-order chi connectivity index (χ1) is 14.3. The molecule has 0 unspecified atom stereocenters. The molecule has 0 aliphatic carbocycles. The van der Waals surface area contributed by atoms with E-state index >= 15 is 0 Å². The second-order valence-corrected chi connectivity index (χ2v) is 9.61. The Morgan fingerprint density at radius 3 is 2.30 bits per heavy atom. The number of amides is 1. The van der Waals surface area contributed by atoms with E-state index in [0.717, 1.165) is 15.7 Å². The molecule has 0 spiro atoms. The van der Waals surface area contributed by atoms with Crippen molar-refractivity contribution in [3.63, 3.8) is 0 Å². The number of anilines is 2. The highest BCUT2D eigenvalue weighted by molar-refractivity contribution is 9.10. The number of nitrogens with zero attached hydrogens (tertiary/aromatic N) is 2. The van der Waals surface area contributed by atoms with E-state index in [4.69, 9.17) is 0 Å². The Hall–Kier alpha value is -2.64. The molecule has 0 N–H and O–H groups in total. The summed E-state index contributed by atoms with van der Waals surface area (Å²) in [5, 5.41) is 0. The minimum Gasteiger partial charge on any atom is -0.311 e. The highest BCUT2D eigenvalue weighted by Crippen LogP contribution is 2.26. The number of aryl methyl sites for hydroxylation is 1. The Kier molecular flexibility index (Phi) is 6.63. The maximum absolute atomic E-state index is 13.3. The molecule has 0 saturated heterocycles. The highest BCUT2D eigenvalue weighted by atomic mass is 79.9. The summed E-state index contributed by atoms with van der Waals surface area (Å²) in [5.74, 6) is -0.278. The van der Waals surface area contributed by atoms with Crippen LogP contribution in [0.3, 0.4) is 0 Å². The molecule has 0 saturated carbocycles. The minimum atomic E-state index is -3.81. The standard InChI is InChI=1S/C23H23BrN2O3S/c1-4-26(20-10-6-5-7-11-20)30(28,29)21-12-8-9-18(16-21)23(27)25(3)22-14-13-19(24)15-17(22)2/h5-16H,4H2,1-3H3. The number of sulfonamides is 1. The van der Waals surface area contributed by atoms with Crippen LogP contribution >= 0.6 is 15.9 Å². The summed E-state index contributed by atoms with van der Waals surface area (Å²) < 4.78 is 28.8. The average Bonchev–Trinajstić information content (AvgIpc) is 2.74. The predicted octanol–water partition coefficient (Wildman–Crippen LogP) is 5.25. The van der Waals surface area contributed by atoms with Gasteiger partial charge in [0.05, 0.1) is 10.6 Å². The quantitative estimate of drug-likeness (QED) is 0.477. The van der Waals surface area contributed by atoms with E-state index < -0.39 is 10.0 Å². The van der Waals surface area contributed by atoms with E-state index in [1.165, 1.54) is 21.3 Å². The van der Waals surface area contributed by atoms with Gasteiger partial charge in [0.2, 0.25) is 0 Å². The SMILES string of the molecule is CCN(c1ccccc1)S(=O)(=O)c1cccc(C(=O)N(C)c2ccc(Br)cc2C)c1. The summed E-state index contributed by atoms with van der Waals surface area (Å²) in [6.45, 7) is 3.98. The summed E-state index contributed by atoms with van der Waals surface area (Å²) in [7, 11) is -2.13. The second-order valence-electron chi connectivity index (χ2n) is 6.83. The third-order valence-electron chi connectivity index (χ3n) is 4.83. The monoisotopic (exact) mass is 486 g/mol. The maximum atomic E-state index is 13.3.